The summed E-state index contributed by atoms with van der Waals surface area (Å²) in [5, 5.41) is 15.3. The molecule has 0 fully saturated rings. The molecule has 1 heterocycles. The number of guanidine groups is 1. The zero-order valence-corrected chi connectivity index (χ0v) is 16.3. The Morgan fingerprint density at radius 1 is 1.17 bits per heavy atom. The largest absolute Gasteiger partial charge is 0.454 e. The first-order chi connectivity index (χ1) is 14.5. The first-order valence-electron chi connectivity index (χ1n) is 9.27. The number of hydrogen-bond donors (Lipinski definition) is 3. The number of ether oxygens (including phenoxy) is 3. The van der Waals surface area contributed by atoms with Gasteiger partial charge in [-0.05, 0) is 30.7 Å². The Kier molecular flexibility index (Phi) is 7.23. The molecular formula is C20H22F3N3O4. The Balaban J connectivity index is 1.73. The van der Waals surface area contributed by atoms with Gasteiger partial charge in [0.2, 0.25) is 6.79 Å². The van der Waals surface area contributed by atoms with E-state index in [1.54, 1.807) is 12.1 Å². The van der Waals surface area contributed by atoms with Gasteiger partial charge in [-0.3, -0.25) is 0 Å². The van der Waals surface area contributed by atoms with E-state index < -0.39 is 19.0 Å². The summed E-state index contributed by atoms with van der Waals surface area (Å²) in [5.74, 6) is 0.700. The molecule has 10 heteroatoms. The lowest BCUT2D eigenvalue weighted by Gasteiger charge is -2.15. The third-order valence-electron chi connectivity index (χ3n) is 4.26. The van der Waals surface area contributed by atoms with Gasteiger partial charge in [-0.1, -0.05) is 6.07 Å². The van der Waals surface area contributed by atoms with Crippen molar-refractivity contribution in [1.82, 2.24) is 10.6 Å². The van der Waals surface area contributed by atoms with Gasteiger partial charge in [0.15, 0.2) is 17.5 Å². The van der Waals surface area contributed by atoms with E-state index in [0.717, 1.165) is 0 Å². The molecule has 3 rings (SSSR count). The van der Waals surface area contributed by atoms with Crippen molar-refractivity contribution in [3.05, 3.63) is 52.8 Å². The fourth-order valence-electron chi connectivity index (χ4n) is 2.85. The van der Waals surface area contributed by atoms with E-state index in [4.69, 9.17) is 9.47 Å². The van der Waals surface area contributed by atoms with Gasteiger partial charge in [-0.25, -0.2) is 9.38 Å². The second-order valence-corrected chi connectivity index (χ2v) is 6.32. The zero-order chi connectivity index (χ0) is 21.5. The van der Waals surface area contributed by atoms with Crippen LogP contribution in [0.5, 0.6) is 17.2 Å². The molecule has 1 aliphatic rings. The van der Waals surface area contributed by atoms with E-state index in [0.29, 0.717) is 35.1 Å². The van der Waals surface area contributed by atoms with Crippen LogP contribution in [0.2, 0.25) is 0 Å². The van der Waals surface area contributed by atoms with Crippen LogP contribution in [0.1, 0.15) is 23.6 Å². The summed E-state index contributed by atoms with van der Waals surface area (Å²) < 4.78 is 54.2. The average Bonchev–Trinajstić information content (AvgIpc) is 3.17. The molecular weight excluding hydrogens is 403 g/mol. The lowest BCUT2D eigenvalue weighted by molar-refractivity contribution is -0.0505. The van der Waals surface area contributed by atoms with E-state index in [2.05, 4.69) is 20.4 Å². The summed E-state index contributed by atoms with van der Waals surface area (Å²) in [7, 11) is 0. The molecule has 2 aromatic carbocycles. The van der Waals surface area contributed by atoms with Gasteiger partial charge in [-0.2, -0.15) is 8.78 Å². The molecule has 0 saturated carbocycles. The zero-order valence-electron chi connectivity index (χ0n) is 16.3. The molecule has 0 bridgehead atoms. The van der Waals surface area contributed by atoms with Gasteiger partial charge < -0.3 is 30.0 Å². The van der Waals surface area contributed by atoms with Gasteiger partial charge in [0.1, 0.15) is 11.6 Å². The van der Waals surface area contributed by atoms with Crippen LogP contribution >= 0.6 is 0 Å². The number of fused-ring (bicyclic) bond motifs is 1. The van der Waals surface area contributed by atoms with Gasteiger partial charge in [0, 0.05) is 30.3 Å². The fourth-order valence-corrected chi connectivity index (χ4v) is 2.85. The number of nitrogens with zero attached hydrogens (tertiary/aromatic N) is 1. The quantitative estimate of drug-likeness (QED) is 0.446. The van der Waals surface area contributed by atoms with Crippen LogP contribution in [0, 0.1) is 5.82 Å². The third kappa shape index (κ3) is 5.47. The van der Waals surface area contributed by atoms with Crippen LogP contribution in [0.15, 0.2) is 35.3 Å². The minimum atomic E-state index is -2.98. The van der Waals surface area contributed by atoms with Crippen molar-refractivity contribution in [3.63, 3.8) is 0 Å². The van der Waals surface area contributed by atoms with Crippen molar-refractivity contribution in [2.45, 2.75) is 33.2 Å². The third-order valence-corrected chi connectivity index (χ3v) is 4.26. The first kappa shape index (κ1) is 21.6. The SMILES string of the molecule is CCNC(=NCc1ccc(F)c(CO)c1)NCc1cc2c(cc1OC(F)F)OCO2. The topological polar surface area (TPSA) is 84.3 Å². The van der Waals surface area contributed by atoms with Crippen LogP contribution in [-0.2, 0) is 19.7 Å². The van der Waals surface area contributed by atoms with Crippen molar-refractivity contribution < 1.29 is 32.5 Å². The number of nitrogens with one attached hydrogen (secondary N) is 2. The van der Waals surface area contributed by atoms with Gasteiger partial charge >= 0.3 is 6.61 Å². The first-order valence-corrected chi connectivity index (χ1v) is 9.27. The predicted molar refractivity (Wildman–Crippen MR) is 103 cm³/mol. The number of halogens is 3. The number of benzene rings is 2. The molecule has 0 amide bonds. The van der Waals surface area contributed by atoms with Crippen LogP contribution in [0.3, 0.4) is 0 Å². The van der Waals surface area contributed by atoms with Crippen molar-refractivity contribution in [2.75, 3.05) is 13.3 Å². The molecule has 0 saturated heterocycles. The molecule has 0 unspecified atom stereocenters. The molecule has 0 aliphatic carbocycles. The standard InChI is InChI=1S/C20H22F3N3O4/c1-2-24-20(25-8-12-3-4-15(21)14(5-12)10-27)26-9-13-6-17-18(29-11-28-17)7-16(13)30-19(22)23/h3-7,19,27H,2,8-11H2,1H3,(H2,24,25,26). The van der Waals surface area contributed by atoms with Crippen molar-refractivity contribution in [1.29, 1.82) is 0 Å². The normalized spacial score (nSPS) is 12.9. The highest BCUT2D eigenvalue weighted by atomic mass is 19.3. The highest BCUT2D eigenvalue weighted by Crippen LogP contribution is 2.38. The van der Waals surface area contributed by atoms with Crippen LogP contribution in [0.25, 0.3) is 0 Å². The van der Waals surface area contributed by atoms with Crippen LogP contribution in [0.4, 0.5) is 13.2 Å². The molecule has 0 radical (unpaired) electrons. The molecule has 2 aromatic rings. The van der Waals surface area contributed by atoms with Gasteiger partial charge in [0.25, 0.3) is 0 Å². The van der Waals surface area contributed by atoms with E-state index in [1.165, 1.54) is 18.2 Å². The molecule has 162 valence electrons. The van der Waals surface area contributed by atoms with Crippen LogP contribution < -0.4 is 24.8 Å². The number of alkyl halides is 2. The Bertz CT molecular complexity index is 909. The highest BCUT2D eigenvalue weighted by molar-refractivity contribution is 5.79. The second kappa shape index (κ2) is 10.1. The number of rotatable bonds is 8. The second-order valence-electron chi connectivity index (χ2n) is 6.32. The van der Waals surface area contributed by atoms with E-state index >= 15 is 0 Å². The molecule has 0 atom stereocenters. The summed E-state index contributed by atoms with van der Waals surface area (Å²) in [4.78, 5) is 4.41. The summed E-state index contributed by atoms with van der Waals surface area (Å²) in [6.07, 6.45) is 0. The minimum absolute atomic E-state index is 0.0118. The fraction of sp³-hybridized carbons (Fsp3) is 0.350. The minimum Gasteiger partial charge on any atom is -0.454 e. The van der Waals surface area contributed by atoms with Crippen LogP contribution in [-0.4, -0.2) is 31.0 Å². The smallest absolute Gasteiger partial charge is 0.387 e. The van der Waals surface area contributed by atoms with Crippen molar-refractivity contribution in [2.24, 2.45) is 4.99 Å². The molecule has 0 aromatic heterocycles. The summed E-state index contributed by atoms with van der Waals surface area (Å²) in [5.41, 5.74) is 1.34. The highest BCUT2D eigenvalue weighted by Gasteiger charge is 2.20. The number of aliphatic hydroxyl groups excluding tert-OH is 1. The van der Waals surface area contributed by atoms with Crippen molar-refractivity contribution in [3.8, 4) is 17.2 Å². The molecule has 3 N–H and O–H groups in total. The maximum Gasteiger partial charge on any atom is 0.387 e. The summed E-state index contributed by atoms with van der Waals surface area (Å²) in [6.45, 7) is -0.564. The van der Waals surface area contributed by atoms with E-state index in [-0.39, 0.29) is 31.2 Å². The Morgan fingerprint density at radius 2 is 1.93 bits per heavy atom. The Hall–Kier alpha value is -3.14. The van der Waals surface area contributed by atoms with E-state index in [9.17, 15) is 18.3 Å². The predicted octanol–water partition coefficient (Wildman–Crippen LogP) is 2.90. The summed E-state index contributed by atoms with van der Waals surface area (Å²) >= 11 is 0. The molecule has 7 nitrogen and oxygen atoms in total. The lowest BCUT2D eigenvalue weighted by atomic mass is 10.1. The number of hydrogen-bond acceptors (Lipinski definition) is 5. The number of aliphatic hydroxyl groups is 1. The average molecular weight is 425 g/mol. The Labute approximate surface area is 171 Å². The Morgan fingerprint density at radius 3 is 2.63 bits per heavy atom. The lowest BCUT2D eigenvalue weighted by Crippen LogP contribution is -2.36. The van der Waals surface area contributed by atoms with Gasteiger partial charge in [0.05, 0.1) is 13.2 Å². The van der Waals surface area contributed by atoms with E-state index in [1.807, 2.05) is 6.92 Å². The van der Waals surface area contributed by atoms with Gasteiger partial charge in [-0.15, -0.1) is 0 Å². The maximum absolute atomic E-state index is 13.5. The summed E-state index contributed by atoms with van der Waals surface area (Å²) in [6, 6.07) is 7.33. The monoisotopic (exact) mass is 425 g/mol. The molecule has 30 heavy (non-hydrogen) atoms. The van der Waals surface area contributed by atoms with Crippen molar-refractivity contribution >= 4 is 5.96 Å². The number of aliphatic imine (C=N–C) groups is 1. The molecule has 0 spiro atoms. The maximum atomic E-state index is 13.5. The molecule has 1 aliphatic heterocycles.